The van der Waals surface area contributed by atoms with Gasteiger partial charge in [-0.1, -0.05) is 6.92 Å². The number of amides is 1. The van der Waals surface area contributed by atoms with Crippen LogP contribution >= 0.6 is 0 Å². The van der Waals surface area contributed by atoms with E-state index in [1.165, 1.54) is 0 Å². The van der Waals surface area contributed by atoms with Crippen LogP contribution in [0.15, 0.2) is 0 Å². The zero-order chi connectivity index (χ0) is 12.8. The third-order valence-electron chi connectivity index (χ3n) is 3.00. The topological polar surface area (TPSA) is 46.6 Å². The lowest BCUT2D eigenvalue weighted by atomic mass is 9.99. The molecule has 0 heterocycles. The molecule has 0 spiro atoms. The molecule has 0 bridgehead atoms. The summed E-state index contributed by atoms with van der Waals surface area (Å²) in [6.45, 7) is 8.18. The summed E-state index contributed by atoms with van der Waals surface area (Å²) in [5.41, 5.74) is -0.161. The molecule has 0 fully saturated rings. The number of hydrogen-bond acceptors (Lipinski definition) is 3. The molecule has 0 N–H and O–H groups in total. The predicted molar refractivity (Wildman–Crippen MR) is 63.0 cm³/mol. The van der Waals surface area contributed by atoms with Crippen molar-refractivity contribution < 1.29 is 14.3 Å². The summed E-state index contributed by atoms with van der Waals surface area (Å²) in [6, 6.07) is 0. The number of hydrogen-bond donors (Lipinski definition) is 0. The van der Waals surface area contributed by atoms with E-state index in [0.29, 0.717) is 6.61 Å². The van der Waals surface area contributed by atoms with Gasteiger partial charge in [-0.05, 0) is 27.2 Å². The van der Waals surface area contributed by atoms with Gasteiger partial charge >= 0.3 is 5.97 Å². The van der Waals surface area contributed by atoms with Gasteiger partial charge in [0.05, 0.1) is 13.0 Å². The Balaban J connectivity index is 4.12. The van der Waals surface area contributed by atoms with Crippen LogP contribution < -0.4 is 0 Å². The molecule has 0 aliphatic carbocycles. The number of ether oxygens (including phenoxy) is 1. The Labute approximate surface area is 98.0 Å². The maximum Gasteiger partial charge on any atom is 0.306 e. The first-order valence-electron chi connectivity index (χ1n) is 5.77. The van der Waals surface area contributed by atoms with E-state index in [-0.39, 0.29) is 30.3 Å². The van der Waals surface area contributed by atoms with Crippen LogP contribution in [0.1, 0.15) is 47.0 Å². The molecule has 4 nitrogen and oxygen atoms in total. The zero-order valence-corrected chi connectivity index (χ0v) is 11.0. The molecule has 16 heavy (non-hydrogen) atoms. The smallest absolute Gasteiger partial charge is 0.306 e. The molecule has 1 amide bonds. The molecule has 0 aromatic heterocycles. The van der Waals surface area contributed by atoms with Crippen molar-refractivity contribution in [3.8, 4) is 0 Å². The fourth-order valence-corrected chi connectivity index (χ4v) is 1.18. The SMILES string of the molecule is CCOC(=O)CCC(=O)N(C)C(C)(C)CC. The molecule has 0 atom stereocenters. The van der Waals surface area contributed by atoms with Crippen molar-refractivity contribution in [2.45, 2.75) is 52.5 Å². The van der Waals surface area contributed by atoms with Crippen molar-refractivity contribution in [1.82, 2.24) is 4.90 Å². The Morgan fingerprint density at radius 1 is 1.19 bits per heavy atom. The Bertz CT molecular complexity index is 249. The fraction of sp³-hybridized carbons (Fsp3) is 0.833. The second-order valence-corrected chi connectivity index (χ2v) is 4.42. The lowest BCUT2D eigenvalue weighted by molar-refractivity contribution is -0.146. The molecule has 0 rings (SSSR count). The molecule has 0 aliphatic rings. The van der Waals surface area contributed by atoms with E-state index in [1.54, 1.807) is 18.9 Å². The fourth-order valence-electron chi connectivity index (χ4n) is 1.18. The van der Waals surface area contributed by atoms with Gasteiger partial charge in [0.25, 0.3) is 0 Å². The molecule has 4 heteroatoms. The summed E-state index contributed by atoms with van der Waals surface area (Å²) in [7, 11) is 1.77. The van der Waals surface area contributed by atoms with Crippen LogP contribution in [0.5, 0.6) is 0 Å². The molecule has 94 valence electrons. The van der Waals surface area contributed by atoms with E-state index in [1.807, 2.05) is 20.8 Å². The Morgan fingerprint density at radius 3 is 2.19 bits per heavy atom. The summed E-state index contributed by atoms with van der Waals surface area (Å²) < 4.78 is 4.77. The lowest BCUT2D eigenvalue weighted by Gasteiger charge is -2.34. The lowest BCUT2D eigenvalue weighted by Crippen LogP contribution is -2.44. The minimum absolute atomic E-state index is 0.0140. The highest BCUT2D eigenvalue weighted by Gasteiger charge is 2.25. The Hall–Kier alpha value is -1.06. The predicted octanol–water partition coefficient (Wildman–Crippen LogP) is 1.98. The van der Waals surface area contributed by atoms with E-state index >= 15 is 0 Å². The minimum atomic E-state index is -0.307. The number of carbonyl (C=O) groups excluding carboxylic acids is 2. The average molecular weight is 229 g/mol. The molecule has 0 unspecified atom stereocenters. The van der Waals surface area contributed by atoms with Gasteiger partial charge in [-0.25, -0.2) is 0 Å². The first-order valence-corrected chi connectivity index (χ1v) is 5.77. The van der Waals surface area contributed by atoms with E-state index in [4.69, 9.17) is 4.74 Å². The maximum absolute atomic E-state index is 11.8. The average Bonchev–Trinajstić information content (AvgIpc) is 2.25. The summed E-state index contributed by atoms with van der Waals surface area (Å²) in [4.78, 5) is 24.6. The van der Waals surface area contributed by atoms with Gasteiger partial charge in [-0.2, -0.15) is 0 Å². The van der Waals surface area contributed by atoms with E-state index in [2.05, 4.69) is 0 Å². The van der Waals surface area contributed by atoms with Crippen molar-refractivity contribution in [2.75, 3.05) is 13.7 Å². The third-order valence-corrected chi connectivity index (χ3v) is 3.00. The molecule has 0 saturated heterocycles. The van der Waals surface area contributed by atoms with Crippen molar-refractivity contribution in [3.05, 3.63) is 0 Å². The highest BCUT2D eigenvalue weighted by Crippen LogP contribution is 2.17. The van der Waals surface area contributed by atoms with Gasteiger partial charge in [0, 0.05) is 19.0 Å². The second-order valence-electron chi connectivity index (χ2n) is 4.42. The highest BCUT2D eigenvalue weighted by atomic mass is 16.5. The first kappa shape index (κ1) is 14.9. The van der Waals surface area contributed by atoms with Gasteiger partial charge < -0.3 is 9.64 Å². The van der Waals surface area contributed by atoms with Crippen molar-refractivity contribution >= 4 is 11.9 Å². The second kappa shape index (κ2) is 6.51. The molecule has 0 aromatic carbocycles. The molecule has 0 aromatic rings. The van der Waals surface area contributed by atoms with Gasteiger partial charge in [-0.15, -0.1) is 0 Å². The van der Waals surface area contributed by atoms with Crippen LogP contribution in [0.25, 0.3) is 0 Å². The number of esters is 1. The van der Waals surface area contributed by atoms with Crippen LogP contribution in [-0.4, -0.2) is 36.0 Å². The molecule has 0 radical (unpaired) electrons. The largest absolute Gasteiger partial charge is 0.466 e. The van der Waals surface area contributed by atoms with Gasteiger partial charge in [0.1, 0.15) is 0 Å². The number of nitrogens with zero attached hydrogens (tertiary/aromatic N) is 1. The van der Waals surface area contributed by atoms with Crippen molar-refractivity contribution in [2.24, 2.45) is 0 Å². The molecule has 0 aliphatic heterocycles. The Kier molecular flexibility index (Phi) is 6.08. The zero-order valence-electron chi connectivity index (χ0n) is 11.0. The quantitative estimate of drug-likeness (QED) is 0.654. The number of carbonyl (C=O) groups is 2. The van der Waals surface area contributed by atoms with Crippen LogP contribution in [-0.2, 0) is 14.3 Å². The summed E-state index contributed by atoms with van der Waals surface area (Å²) in [5.74, 6) is -0.321. The van der Waals surface area contributed by atoms with Gasteiger partial charge in [0.2, 0.25) is 5.91 Å². The van der Waals surface area contributed by atoms with Crippen LogP contribution in [0.2, 0.25) is 0 Å². The van der Waals surface area contributed by atoms with Crippen LogP contribution in [0.3, 0.4) is 0 Å². The Morgan fingerprint density at radius 2 is 1.75 bits per heavy atom. The van der Waals surface area contributed by atoms with E-state index in [0.717, 1.165) is 6.42 Å². The van der Waals surface area contributed by atoms with Crippen molar-refractivity contribution in [1.29, 1.82) is 0 Å². The summed E-state index contributed by atoms with van der Waals surface area (Å²) in [6.07, 6.45) is 1.27. The van der Waals surface area contributed by atoms with Crippen LogP contribution in [0.4, 0.5) is 0 Å². The monoisotopic (exact) mass is 229 g/mol. The highest BCUT2D eigenvalue weighted by molar-refractivity contribution is 5.81. The maximum atomic E-state index is 11.8. The normalized spacial score (nSPS) is 11.1. The molecular weight excluding hydrogens is 206 g/mol. The minimum Gasteiger partial charge on any atom is -0.466 e. The summed E-state index contributed by atoms with van der Waals surface area (Å²) in [5, 5.41) is 0. The van der Waals surface area contributed by atoms with Gasteiger partial charge in [0.15, 0.2) is 0 Å². The van der Waals surface area contributed by atoms with E-state index in [9.17, 15) is 9.59 Å². The third kappa shape index (κ3) is 4.64. The molecular formula is C12H23NO3. The van der Waals surface area contributed by atoms with Gasteiger partial charge in [-0.3, -0.25) is 9.59 Å². The summed E-state index contributed by atoms with van der Waals surface area (Å²) >= 11 is 0. The van der Waals surface area contributed by atoms with Crippen LogP contribution in [0, 0.1) is 0 Å². The van der Waals surface area contributed by atoms with Crippen molar-refractivity contribution in [3.63, 3.8) is 0 Å². The van der Waals surface area contributed by atoms with E-state index < -0.39 is 0 Å². The number of rotatable bonds is 6. The standard InChI is InChI=1S/C12H23NO3/c1-6-12(3,4)13(5)10(14)8-9-11(15)16-7-2/h6-9H2,1-5H3. The molecule has 0 saturated carbocycles. The first-order chi connectivity index (χ1) is 7.35.